The van der Waals surface area contributed by atoms with E-state index in [1.54, 1.807) is 6.92 Å². The summed E-state index contributed by atoms with van der Waals surface area (Å²) in [6.45, 7) is 1.57. The molecular weight excluding hydrogens is 211 g/mol. The van der Waals surface area contributed by atoms with Gasteiger partial charge in [-0.15, -0.1) is 12.6 Å². The first-order chi connectivity index (χ1) is 4.88. The predicted octanol–water partition coefficient (Wildman–Crippen LogP) is -0.794. The quantitative estimate of drug-likeness (QED) is 0.192. The zero-order valence-electron chi connectivity index (χ0n) is 5.93. The maximum absolute atomic E-state index is 10.5. The first-order valence-electron chi connectivity index (χ1n) is 2.86. The van der Waals surface area contributed by atoms with Gasteiger partial charge in [0.1, 0.15) is 0 Å². The molecular formula is C4H11N2NaO3S2. The SMILES string of the molecule is CCC(N=C(N)S)S(=O)(=O)O.[NaH]. The number of rotatable bonds is 3. The fourth-order valence-corrected chi connectivity index (χ4v) is 1.40. The summed E-state index contributed by atoms with van der Waals surface area (Å²) in [6.07, 6.45) is 0.167. The number of aliphatic imine (C=N–C) groups is 1. The predicted molar refractivity (Wildman–Crippen MR) is 53.4 cm³/mol. The average molecular weight is 222 g/mol. The molecule has 68 valence electrons. The molecule has 0 rings (SSSR count). The Morgan fingerprint density at radius 1 is 1.75 bits per heavy atom. The van der Waals surface area contributed by atoms with Gasteiger partial charge in [-0.25, -0.2) is 4.99 Å². The number of hydrogen-bond donors (Lipinski definition) is 3. The van der Waals surface area contributed by atoms with Crippen LogP contribution in [0.2, 0.25) is 0 Å². The van der Waals surface area contributed by atoms with Gasteiger partial charge < -0.3 is 5.73 Å². The summed E-state index contributed by atoms with van der Waals surface area (Å²) >= 11 is 3.58. The van der Waals surface area contributed by atoms with E-state index in [9.17, 15) is 8.42 Å². The van der Waals surface area contributed by atoms with Crippen LogP contribution in [0.1, 0.15) is 13.3 Å². The zero-order valence-corrected chi connectivity index (χ0v) is 7.64. The molecule has 0 saturated heterocycles. The first-order valence-corrected chi connectivity index (χ1v) is 4.81. The van der Waals surface area contributed by atoms with Gasteiger partial charge in [0.2, 0.25) is 0 Å². The summed E-state index contributed by atoms with van der Waals surface area (Å²) in [7, 11) is -4.13. The Bertz CT molecular complexity index is 247. The monoisotopic (exact) mass is 222 g/mol. The van der Waals surface area contributed by atoms with Gasteiger partial charge >= 0.3 is 29.6 Å². The van der Waals surface area contributed by atoms with Crippen molar-refractivity contribution in [3.63, 3.8) is 0 Å². The maximum atomic E-state index is 10.5. The molecule has 12 heavy (non-hydrogen) atoms. The molecule has 0 bridgehead atoms. The van der Waals surface area contributed by atoms with Crippen LogP contribution in [0, 0.1) is 0 Å². The molecule has 0 fully saturated rings. The van der Waals surface area contributed by atoms with Gasteiger partial charge in [0, 0.05) is 0 Å². The Kier molecular flexibility index (Phi) is 7.89. The topological polar surface area (TPSA) is 92.8 Å². The Morgan fingerprint density at radius 3 is 2.25 bits per heavy atom. The molecule has 0 aliphatic rings. The van der Waals surface area contributed by atoms with Crippen molar-refractivity contribution in [3.8, 4) is 0 Å². The third-order valence-corrected chi connectivity index (χ3v) is 2.21. The van der Waals surface area contributed by atoms with Gasteiger partial charge in [-0.1, -0.05) is 6.92 Å². The Labute approximate surface area is 99.3 Å². The van der Waals surface area contributed by atoms with Crippen LogP contribution in [-0.2, 0) is 10.1 Å². The second-order valence-electron chi connectivity index (χ2n) is 1.87. The van der Waals surface area contributed by atoms with Crippen LogP contribution in [0.5, 0.6) is 0 Å². The molecule has 5 nitrogen and oxygen atoms in total. The van der Waals surface area contributed by atoms with E-state index in [1.165, 1.54) is 0 Å². The zero-order chi connectivity index (χ0) is 9.07. The number of nitrogens with zero attached hydrogens (tertiary/aromatic N) is 1. The van der Waals surface area contributed by atoms with Crippen molar-refractivity contribution in [2.45, 2.75) is 18.7 Å². The second-order valence-corrected chi connectivity index (χ2v) is 3.90. The average Bonchev–Trinajstić information content (AvgIpc) is 1.79. The third kappa shape index (κ3) is 6.27. The number of amidine groups is 1. The summed E-state index contributed by atoms with van der Waals surface area (Å²) < 4.78 is 29.4. The molecule has 0 radical (unpaired) electrons. The van der Waals surface area contributed by atoms with E-state index < -0.39 is 15.5 Å². The summed E-state index contributed by atoms with van der Waals surface area (Å²) in [5.41, 5.74) is 5.00. The number of hydrogen-bond acceptors (Lipinski definition) is 3. The van der Waals surface area contributed by atoms with Crippen molar-refractivity contribution >= 4 is 57.5 Å². The molecule has 1 atom stereocenters. The molecule has 0 saturated carbocycles. The van der Waals surface area contributed by atoms with E-state index in [0.29, 0.717) is 0 Å². The third-order valence-electron chi connectivity index (χ3n) is 0.969. The summed E-state index contributed by atoms with van der Waals surface area (Å²) in [5.74, 6) is 0. The normalized spacial score (nSPS) is 15.1. The van der Waals surface area contributed by atoms with Crippen LogP contribution in [0.15, 0.2) is 4.99 Å². The van der Waals surface area contributed by atoms with Crippen LogP contribution in [0.4, 0.5) is 0 Å². The van der Waals surface area contributed by atoms with Gasteiger partial charge in [0.05, 0.1) is 0 Å². The molecule has 0 aliphatic carbocycles. The molecule has 0 aliphatic heterocycles. The molecule has 1 unspecified atom stereocenters. The van der Waals surface area contributed by atoms with Crippen molar-refractivity contribution < 1.29 is 13.0 Å². The number of thiol groups is 1. The van der Waals surface area contributed by atoms with Gasteiger partial charge in [0.15, 0.2) is 10.5 Å². The molecule has 3 N–H and O–H groups in total. The van der Waals surface area contributed by atoms with E-state index in [4.69, 9.17) is 10.3 Å². The summed E-state index contributed by atoms with van der Waals surface area (Å²) in [5, 5.41) is -1.35. The molecule has 0 amide bonds. The number of nitrogens with two attached hydrogens (primary N) is 1. The Morgan fingerprint density at radius 2 is 2.17 bits per heavy atom. The van der Waals surface area contributed by atoms with E-state index in [0.717, 1.165) is 0 Å². The van der Waals surface area contributed by atoms with Crippen LogP contribution in [0.25, 0.3) is 0 Å². The Balaban J connectivity index is 0. The summed E-state index contributed by atoms with van der Waals surface area (Å²) in [4.78, 5) is 3.39. The molecule has 0 spiro atoms. The molecule has 0 aromatic heterocycles. The van der Waals surface area contributed by atoms with Crippen molar-refractivity contribution in [2.75, 3.05) is 0 Å². The van der Waals surface area contributed by atoms with Crippen molar-refractivity contribution in [1.29, 1.82) is 0 Å². The molecule has 0 aromatic rings. The van der Waals surface area contributed by atoms with Crippen LogP contribution >= 0.6 is 12.6 Å². The molecule has 0 heterocycles. The van der Waals surface area contributed by atoms with E-state index in [1.807, 2.05) is 0 Å². The minimum atomic E-state index is -4.13. The van der Waals surface area contributed by atoms with E-state index >= 15 is 0 Å². The van der Waals surface area contributed by atoms with Crippen LogP contribution in [0.3, 0.4) is 0 Å². The summed E-state index contributed by atoms with van der Waals surface area (Å²) in [6, 6.07) is 0. The van der Waals surface area contributed by atoms with Gasteiger partial charge in [-0.2, -0.15) is 8.42 Å². The minimum absolute atomic E-state index is 0. The van der Waals surface area contributed by atoms with E-state index in [-0.39, 0.29) is 41.1 Å². The standard InChI is InChI=1S/C4H10N2O3S2.Na.H/c1-2-3(6-4(5)10)11(7,8)9;;/h3H,2H2,1H3,(H3,5,6,10)(H,7,8,9);;. The first kappa shape index (κ1) is 15.2. The van der Waals surface area contributed by atoms with E-state index in [2.05, 4.69) is 17.6 Å². The Hall–Kier alpha value is 0.730. The van der Waals surface area contributed by atoms with Gasteiger partial charge in [-0.3, -0.25) is 4.55 Å². The van der Waals surface area contributed by atoms with Crippen LogP contribution in [-0.4, -0.2) is 53.1 Å². The second kappa shape index (κ2) is 6.22. The van der Waals surface area contributed by atoms with Crippen molar-refractivity contribution in [2.24, 2.45) is 10.7 Å². The van der Waals surface area contributed by atoms with Gasteiger partial charge in [0.25, 0.3) is 10.1 Å². The fourth-order valence-electron chi connectivity index (χ4n) is 0.516. The van der Waals surface area contributed by atoms with Crippen LogP contribution < -0.4 is 5.73 Å². The fraction of sp³-hybridized carbons (Fsp3) is 0.750. The van der Waals surface area contributed by atoms with Crippen molar-refractivity contribution in [3.05, 3.63) is 0 Å². The van der Waals surface area contributed by atoms with Gasteiger partial charge in [-0.05, 0) is 6.42 Å². The molecule has 8 heteroatoms. The molecule has 0 aromatic carbocycles. The van der Waals surface area contributed by atoms with Crippen molar-refractivity contribution in [1.82, 2.24) is 0 Å².